The maximum atomic E-state index is 4.35. The molecule has 0 fully saturated rings. The minimum atomic E-state index is 0.587. The van der Waals surface area contributed by atoms with Gasteiger partial charge in [0.15, 0.2) is 5.82 Å². The van der Waals surface area contributed by atoms with Crippen LogP contribution in [0.1, 0.15) is 17.1 Å². The average molecular weight is 254 g/mol. The third kappa shape index (κ3) is 2.37. The quantitative estimate of drug-likeness (QED) is 0.771. The number of fused-ring (bicyclic) bond motifs is 1. The Balaban J connectivity index is 1.83. The van der Waals surface area contributed by atoms with Crippen molar-refractivity contribution in [3.05, 3.63) is 47.9 Å². The Morgan fingerprint density at radius 2 is 2.00 bits per heavy atom. The topological polar surface area (TPSA) is 68.0 Å². The van der Waals surface area contributed by atoms with Crippen LogP contribution in [0.25, 0.3) is 5.52 Å². The van der Waals surface area contributed by atoms with Gasteiger partial charge in [-0.1, -0.05) is 0 Å². The van der Waals surface area contributed by atoms with Crippen molar-refractivity contribution in [2.45, 2.75) is 20.4 Å². The molecule has 0 saturated carbocycles. The Morgan fingerprint density at radius 1 is 1.11 bits per heavy atom. The molecule has 0 aromatic carbocycles. The molecule has 19 heavy (non-hydrogen) atoms. The molecule has 0 unspecified atom stereocenters. The average Bonchev–Trinajstić information content (AvgIpc) is 2.79. The molecule has 0 spiro atoms. The summed E-state index contributed by atoms with van der Waals surface area (Å²) in [7, 11) is 0. The van der Waals surface area contributed by atoms with Gasteiger partial charge >= 0.3 is 0 Å². The van der Waals surface area contributed by atoms with Crippen molar-refractivity contribution in [2.75, 3.05) is 5.32 Å². The standard InChI is InChI=1S/C13H14N6/c1-9-5-12-13(14-3-4-19(12)18-9)17-8-11-7-15-10(2)6-16-11/h3-7H,8H2,1-2H3,(H,14,17). The second-order valence-corrected chi connectivity index (χ2v) is 4.39. The van der Waals surface area contributed by atoms with Gasteiger partial charge in [-0.2, -0.15) is 5.10 Å². The minimum absolute atomic E-state index is 0.587. The van der Waals surface area contributed by atoms with Crippen molar-refractivity contribution in [3.63, 3.8) is 0 Å². The fourth-order valence-electron chi connectivity index (χ4n) is 1.87. The smallest absolute Gasteiger partial charge is 0.152 e. The Bertz CT molecular complexity index is 701. The third-order valence-electron chi connectivity index (χ3n) is 2.78. The molecule has 3 rings (SSSR count). The van der Waals surface area contributed by atoms with E-state index in [-0.39, 0.29) is 0 Å². The molecule has 0 amide bonds. The van der Waals surface area contributed by atoms with Crippen LogP contribution in [-0.2, 0) is 6.54 Å². The van der Waals surface area contributed by atoms with Gasteiger partial charge < -0.3 is 5.32 Å². The number of nitrogens with zero attached hydrogens (tertiary/aromatic N) is 5. The molecule has 0 radical (unpaired) electrons. The number of nitrogens with one attached hydrogen (secondary N) is 1. The number of anilines is 1. The van der Waals surface area contributed by atoms with Crippen LogP contribution in [0.4, 0.5) is 5.82 Å². The van der Waals surface area contributed by atoms with Crippen LogP contribution in [0.5, 0.6) is 0 Å². The van der Waals surface area contributed by atoms with Gasteiger partial charge in [0.25, 0.3) is 0 Å². The molecule has 6 nitrogen and oxygen atoms in total. The fraction of sp³-hybridized carbons (Fsp3) is 0.231. The molecule has 3 aromatic rings. The summed E-state index contributed by atoms with van der Waals surface area (Å²) in [6.45, 7) is 4.47. The number of aryl methyl sites for hydroxylation is 2. The summed E-state index contributed by atoms with van der Waals surface area (Å²) >= 11 is 0. The summed E-state index contributed by atoms with van der Waals surface area (Å²) in [5.41, 5.74) is 3.72. The van der Waals surface area contributed by atoms with E-state index in [0.29, 0.717) is 6.54 Å². The van der Waals surface area contributed by atoms with E-state index in [0.717, 1.165) is 28.4 Å². The van der Waals surface area contributed by atoms with Crippen molar-refractivity contribution in [3.8, 4) is 0 Å². The molecular formula is C13H14N6. The molecule has 0 saturated heterocycles. The van der Waals surface area contributed by atoms with Gasteiger partial charge in [0.1, 0.15) is 5.52 Å². The third-order valence-corrected chi connectivity index (χ3v) is 2.78. The number of hydrogen-bond acceptors (Lipinski definition) is 5. The fourth-order valence-corrected chi connectivity index (χ4v) is 1.87. The zero-order chi connectivity index (χ0) is 13.2. The summed E-state index contributed by atoms with van der Waals surface area (Å²) < 4.78 is 1.81. The summed E-state index contributed by atoms with van der Waals surface area (Å²) in [5.74, 6) is 0.797. The molecule has 0 aliphatic carbocycles. The molecule has 0 aliphatic heterocycles. The summed E-state index contributed by atoms with van der Waals surface area (Å²) in [4.78, 5) is 12.9. The monoisotopic (exact) mass is 254 g/mol. The Hall–Kier alpha value is -2.50. The summed E-state index contributed by atoms with van der Waals surface area (Å²) in [6.07, 6.45) is 7.08. The molecule has 3 heterocycles. The van der Waals surface area contributed by atoms with E-state index in [1.54, 1.807) is 18.6 Å². The van der Waals surface area contributed by atoms with Crippen LogP contribution in [0, 0.1) is 13.8 Å². The SMILES string of the molecule is Cc1cnc(CNc2nccn3nc(C)cc23)cn1. The lowest BCUT2D eigenvalue weighted by molar-refractivity contribution is 0.916. The van der Waals surface area contributed by atoms with Crippen LogP contribution in [0.15, 0.2) is 30.9 Å². The van der Waals surface area contributed by atoms with Gasteiger partial charge in [0.05, 0.1) is 29.8 Å². The number of hydrogen-bond donors (Lipinski definition) is 1. The lowest BCUT2D eigenvalue weighted by atomic mass is 10.4. The predicted molar refractivity (Wildman–Crippen MR) is 71.8 cm³/mol. The highest BCUT2D eigenvalue weighted by Gasteiger charge is 2.05. The van der Waals surface area contributed by atoms with Crippen molar-refractivity contribution >= 4 is 11.3 Å². The first-order valence-electron chi connectivity index (χ1n) is 6.05. The first kappa shape index (κ1) is 11.6. The van der Waals surface area contributed by atoms with Crippen LogP contribution in [-0.4, -0.2) is 24.6 Å². The van der Waals surface area contributed by atoms with E-state index < -0.39 is 0 Å². The second-order valence-electron chi connectivity index (χ2n) is 4.39. The predicted octanol–water partition coefficient (Wildman–Crippen LogP) is 1.75. The molecule has 1 N–H and O–H groups in total. The van der Waals surface area contributed by atoms with Crippen molar-refractivity contribution in [1.82, 2.24) is 24.6 Å². The van der Waals surface area contributed by atoms with Gasteiger partial charge in [-0.25, -0.2) is 9.50 Å². The van der Waals surface area contributed by atoms with Crippen molar-refractivity contribution < 1.29 is 0 Å². The highest BCUT2D eigenvalue weighted by molar-refractivity contribution is 5.67. The Morgan fingerprint density at radius 3 is 2.79 bits per heavy atom. The Kier molecular flexibility index (Phi) is 2.83. The highest BCUT2D eigenvalue weighted by Crippen LogP contribution is 2.15. The number of rotatable bonds is 3. The van der Waals surface area contributed by atoms with E-state index >= 15 is 0 Å². The molecule has 6 heteroatoms. The number of aromatic nitrogens is 5. The van der Waals surface area contributed by atoms with Crippen LogP contribution in [0.3, 0.4) is 0 Å². The van der Waals surface area contributed by atoms with Gasteiger partial charge in [-0.3, -0.25) is 9.97 Å². The van der Waals surface area contributed by atoms with Crippen LogP contribution < -0.4 is 5.32 Å². The van der Waals surface area contributed by atoms with Crippen LogP contribution in [0.2, 0.25) is 0 Å². The van der Waals surface area contributed by atoms with Crippen molar-refractivity contribution in [2.24, 2.45) is 0 Å². The highest BCUT2D eigenvalue weighted by atomic mass is 15.2. The van der Waals surface area contributed by atoms with E-state index in [2.05, 4.69) is 25.4 Å². The van der Waals surface area contributed by atoms with Gasteiger partial charge in [0, 0.05) is 18.6 Å². The first-order valence-corrected chi connectivity index (χ1v) is 6.05. The molecule has 96 valence electrons. The first-order chi connectivity index (χ1) is 9.22. The summed E-state index contributed by atoms with van der Waals surface area (Å²) in [6, 6.07) is 2.00. The van der Waals surface area contributed by atoms with Gasteiger partial charge in [-0.15, -0.1) is 0 Å². The lowest BCUT2D eigenvalue weighted by Crippen LogP contribution is -2.05. The van der Waals surface area contributed by atoms with Gasteiger partial charge in [-0.05, 0) is 19.9 Å². The van der Waals surface area contributed by atoms with Crippen molar-refractivity contribution in [1.29, 1.82) is 0 Å². The largest absolute Gasteiger partial charge is 0.363 e. The minimum Gasteiger partial charge on any atom is -0.363 e. The molecule has 0 atom stereocenters. The van der Waals surface area contributed by atoms with E-state index in [1.165, 1.54) is 0 Å². The normalized spacial score (nSPS) is 10.8. The summed E-state index contributed by atoms with van der Waals surface area (Å²) in [5, 5.41) is 7.61. The van der Waals surface area contributed by atoms with Gasteiger partial charge in [0.2, 0.25) is 0 Å². The maximum Gasteiger partial charge on any atom is 0.152 e. The van der Waals surface area contributed by atoms with E-state index in [9.17, 15) is 0 Å². The maximum absolute atomic E-state index is 4.35. The van der Waals surface area contributed by atoms with E-state index in [4.69, 9.17) is 0 Å². The molecule has 0 aliphatic rings. The lowest BCUT2D eigenvalue weighted by Gasteiger charge is -2.06. The molecular weight excluding hydrogens is 240 g/mol. The molecule has 3 aromatic heterocycles. The zero-order valence-corrected chi connectivity index (χ0v) is 10.8. The zero-order valence-electron chi connectivity index (χ0n) is 10.8. The molecule has 0 bridgehead atoms. The van der Waals surface area contributed by atoms with Crippen LogP contribution >= 0.6 is 0 Å². The van der Waals surface area contributed by atoms with E-state index in [1.807, 2.05) is 30.6 Å². The Labute approximate surface area is 110 Å². The second kappa shape index (κ2) is 4.64.